The Morgan fingerprint density at radius 1 is 0.947 bits per heavy atom. The van der Waals surface area contributed by atoms with E-state index in [1.165, 1.54) is 0 Å². The van der Waals surface area contributed by atoms with Crippen molar-refractivity contribution in [1.29, 1.82) is 0 Å². The van der Waals surface area contributed by atoms with Crippen LogP contribution in [0.4, 0.5) is 0 Å². The summed E-state index contributed by atoms with van der Waals surface area (Å²) < 4.78 is 0. The molecule has 2 aromatic carbocycles. The van der Waals surface area contributed by atoms with Crippen molar-refractivity contribution in [2.75, 3.05) is 0 Å². The fourth-order valence-electron chi connectivity index (χ4n) is 2.13. The Balaban J connectivity index is 2.06. The van der Waals surface area contributed by atoms with Crippen molar-refractivity contribution in [3.63, 3.8) is 0 Å². The van der Waals surface area contributed by atoms with Crippen LogP contribution < -0.4 is 0 Å². The Morgan fingerprint density at radius 2 is 1.68 bits per heavy atom. The van der Waals surface area contributed by atoms with Crippen LogP contribution in [0.15, 0.2) is 60.8 Å². The molecule has 0 spiro atoms. The molecule has 0 aliphatic rings. The van der Waals surface area contributed by atoms with Gasteiger partial charge in [-0.05, 0) is 24.6 Å². The number of fused-ring (bicyclic) bond motifs is 1. The first-order valence-corrected chi connectivity index (χ1v) is 6.20. The van der Waals surface area contributed by atoms with E-state index in [9.17, 15) is 4.79 Å². The highest BCUT2D eigenvalue weighted by atomic mass is 16.1. The summed E-state index contributed by atoms with van der Waals surface area (Å²) in [6.07, 6.45) is 1.87. The predicted octanol–water partition coefficient (Wildman–Crippen LogP) is 4.10. The molecule has 92 valence electrons. The van der Waals surface area contributed by atoms with Crippen LogP contribution in [0.5, 0.6) is 0 Å². The van der Waals surface area contributed by atoms with Crippen LogP contribution in [-0.4, -0.2) is 10.8 Å². The van der Waals surface area contributed by atoms with Gasteiger partial charge in [0.2, 0.25) is 0 Å². The average Bonchev–Trinajstić information content (AvgIpc) is 2.47. The minimum atomic E-state index is 0.0863. The molecule has 0 N–H and O–H groups in total. The predicted molar refractivity (Wildman–Crippen MR) is 77.2 cm³/mol. The molecule has 2 nitrogen and oxygen atoms in total. The van der Waals surface area contributed by atoms with E-state index >= 15 is 0 Å². The van der Waals surface area contributed by atoms with Gasteiger partial charge in [0, 0.05) is 22.7 Å². The third-order valence-electron chi connectivity index (χ3n) is 3.22. The summed E-state index contributed by atoms with van der Waals surface area (Å²) in [6, 6.07) is 17.8. The first kappa shape index (κ1) is 11.6. The smallest absolute Gasteiger partial charge is 0.159 e. The topological polar surface area (TPSA) is 30.0 Å². The standard InChI is InChI=1S/C17H13NO/c1-12(19)13-6-8-14(9-7-13)16-10-15-4-2-3-5-17(15)18-11-16/h2-11H,1H3. The Kier molecular flexibility index (Phi) is 2.84. The summed E-state index contributed by atoms with van der Waals surface area (Å²) in [7, 11) is 0. The van der Waals surface area contributed by atoms with E-state index in [2.05, 4.69) is 17.1 Å². The first-order valence-electron chi connectivity index (χ1n) is 6.20. The summed E-state index contributed by atoms with van der Waals surface area (Å²) in [4.78, 5) is 15.7. The molecule has 3 rings (SSSR count). The van der Waals surface area contributed by atoms with Crippen LogP contribution in [0.3, 0.4) is 0 Å². The molecule has 3 aromatic rings. The van der Waals surface area contributed by atoms with E-state index in [0.29, 0.717) is 0 Å². The summed E-state index contributed by atoms with van der Waals surface area (Å²) in [5, 5.41) is 1.12. The lowest BCUT2D eigenvalue weighted by Gasteiger charge is -2.04. The van der Waals surface area contributed by atoms with Crippen LogP contribution >= 0.6 is 0 Å². The lowest BCUT2D eigenvalue weighted by Crippen LogP contribution is -1.91. The monoisotopic (exact) mass is 247 g/mol. The van der Waals surface area contributed by atoms with Gasteiger partial charge in [-0.3, -0.25) is 9.78 Å². The Morgan fingerprint density at radius 3 is 2.42 bits per heavy atom. The molecular formula is C17H13NO. The maximum absolute atomic E-state index is 11.3. The fourth-order valence-corrected chi connectivity index (χ4v) is 2.13. The second-order valence-corrected chi connectivity index (χ2v) is 4.55. The maximum Gasteiger partial charge on any atom is 0.159 e. The number of para-hydroxylation sites is 1. The lowest BCUT2D eigenvalue weighted by atomic mass is 10.0. The van der Waals surface area contributed by atoms with Gasteiger partial charge in [-0.25, -0.2) is 0 Å². The van der Waals surface area contributed by atoms with Gasteiger partial charge in [-0.1, -0.05) is 42.5 Å². The van der Waals surface area contributed by atoms with Gasteiger partial charge in [0.25, 0.3) is 0 Å². The van der Waals surface area contributed by atoms with E-state index < -0.39 is 0 Å². The zero-order valence-electron chi connectivity index (χ0n) is 10.6. The number of ketones is 1. The van der Waals surface area contributed by atoms with Crippen molar-refractivity contribution in [1.82, 2.24) is 4.98 Å². The van der Waals surface area contributed by atoms with Crippen LogP contribution in [0.2, 0.25) is 0 Å². The Labute approximate surface area is 111 Å². The number of rotatable bonds is 2. The number of aromatic nitrogens is 1. The van der Waals surface area contributed by atoms with Gasteiger partial charge >= 0.3 is 0 Å². The molecule has 0 radical (unpaired) electrons. The van der Waals surface area contributed by atoms with Crippen LogP contribution in [0.25, 0.3) is 22.0 Å². The third kappa shape index (κ3) is 2.25. The first-order chi connectivity index (χ1) is 9.24. The number of hydrogen-bond acceptors (Lipinski definition) is 2. The highest BCUT2D eigenvalue weighted by Gasteiger charge is 2.02. The molecule has 1 aromatic heterocycles. The zero-order chi connectivity index (χ0) is 13.2. The molecular weight excluding hydrogens is 234 g/mol. The molecule has 0 amide bonds. The second kappa shape index (κ2) is 4.65. The minimum absolute atomic E-state index is 0.0863. The van der Waals surface area contributed by atoms with Crippen molar-refractivity contribution in [3.05, 3.63) is 66.4 Å². The van der Waals surface area contributed by atoms with E-state index in [4.69, 9.17) is 0 Å². The second-order valence-electron chi connectivity index (χ2n) is 4.55. The van der Waals surface area contributed by atoms with Gasteiger partial charge in [-0.15, -0.1) is 0 Å². The van der Waals surface area contributed by atoms with Crippen molar-refractivity contribution in [3.8, 4) is 11.1 Å². The van der Waals surface area contributed by atoms with E-state index in [1.807, 2.05) is 48.7 Å². The van der Waals surface area contributed by atoms with E-state index in [-0.39, 0.29) is 5.78 Å². The number of Topliss-reactive ketones (excluding diaryl/α,β-unsaturated/α-hetero) is 1. The number of pyridine rings is 1. The third-order valence-corrected chi connectivity index (χ3v) is 3.22. The quantitative estimate of drug-likeness (QED) is 0.638. The SMILES string of the molecule is CC(=O)c1ccc(-c2cnc3ccccc3c2)cc1. The number of carbonyl (C=O) groups is 1. The van der Waals surface area contributed by atoms with Crippen LogP contribution in [-0.2, 0) is 0 Å². The highest BCUT2D eigenvalue weighted by Crippen LogP contribution is 2.23. The summed E-state index contributed by atoms with van der Waals surface area (Å²) in [5.41, 5.74) is 3.86. The maximum atomic E-state index is 11.3. The Bertz CT molecular complexity index is 745. The lowest BCUT2D eigenvalue weighted by molar-refractivity contribution is 0.101. The molecule has 0 bridgehead atoms. The largest absolute Gasteiger partial charge is 0.295 e. The van der Waals surface area contributed by atoms with Gasteiger partial charge in [0.05, 0.1) is 5.52 Å². The minimum Gasteiger partial charge on any atom is -0.295 e. The summed E-state index contributed by atoms with van der Waals surface area (Å²) >= 11 is 0. The molecule has 0 unspecified atom stereocenters. The van der Waals surface area contributed by atoms with Crippen molar-refractivity contribution >= 4 is 16.7 Å². The van der Waals surface area contributed by atoms with Crippen LogP contribution in [0.1, 0.15) is 17.3 Å². The number of nitrogens with zero attached hydrogens (tertiary/aromatic N) is 1. The van der Waals surface area contributed by atoms with E-state index in [1.54, 1.807) is 6.92 Å². The van der Waals surface area contributed by atoms with Crippen molar-refractivity contribution in [2.24, 2.45) is 0 Å². The molecule has 0 aliphatic carbocycles. The molecule has 0 aliphatic heterocycles. The summed E-state index contributed by atoms with van der Waals surface area (Å²) in [5.74, 6) is 0.0863. The zero-order valence-corrected chi connectivity index (χ0v) is 10.6. The van der Waals surface area contributed by atoms with Gasteiger partial charge < -0.3 is 0 Å². The highest BCUT2D eigenvalue weighted by molar-refractivity contribution is 5.94. The van der Waals surface area contributed by atoms with E-state index in [0.717, 1.165) is 27.6 Å². The molecule has 0 fully saturated rings. The molecule has 19 heavy (non-hydrogen) atoms. The van der Waals surface area contributed by atoms with Crippen molar-refractivity contribution in [2.45, 2.75) is 6.92 Å². The van der Waals surface area contributed by atoms with Gasteiger partial charge in [-0.2, -0.15) is 0 Å². The molecule has 0 saturated carbocycles. The van der Waals surface area contributed by atoms with Gasteiger partial charge in [0.15, 0.2) is 5.78 Å². The normalized spacial score (nSPS) is 10.6. The Hall–Kier alpha value is -2.48. The van der Waals surface area contributed by atoms with Crippen molar-refractivity contribution < 1.29 is 4.79 Å². The summed E-state index contributed by atoms with van der Waals surface area (Å²) in [6.45, 7) is 1.58. The number of hydrogen-bond donors (Lipinski definition) is 0. The molecule has 1 heterocycles. The average molecular weight is 247 g/mol. The molecule has 0 saturated heterocycles. The number of benzene rings is 2. The molecule has 2 heteroatoms. The molecule has 0 atom stereocenters. The number of carbonyl (C=O) groups excluding carboxylic acids is 1. The fraction of sp³-hybridized carbons (Fsp3) is 0.0588. The van der Waals surface area contributed by atoms with Crippen LogP contribution in [0, 0.1) is 0 Å². The van der Waals surface area contributed by atoms with Gasteiger partial charge in [0.1, 0.15) is 0 Å².